The molecule has 9 heteroatoms. The highest BCUT2D eigenvalue weighted by atomic mass is 35.5. The van der Waals surface area contributed by atoms with Crippen LogP contribution in [0.3, 0.4) is 0 Å². The predicted octanol–water partition coefficient (Wildman–Crippen LogP) is 3.26. The molecule has 27 heavy (non-hydrogen) atoms. The summed E-state index contributed by atoms with van der Waals surface area (Å²) in [6.07, 6.45) is 0.892. The molecule has 2 aromatic rings. The number of carboxylic acids is 1. The number of carbonyl (C=O) groups is 1. The van der Waals surface area contributed by atoms with E-state index in [4.69, 9.17) is 11.6 Å². The minimum atomic E-state index is -1.31. The van der Waals surface area contributed by atoms with Crippen molar-refractivity contribution >= 4 is 45.9 Å². The lowest BCUT2D eigenvalue weighted by Crippen LogP contribution is -2.32. The Morgan fingerprint density at radius 3 is 2.70 bits per heavy atom. The van der Waals surface area contributed by atoms with Crippen molar-refractivity contribution < 1.29 is 14.3 Å². The number of carboxylic acid groups (broad SMARTS) is 1. The third-order valence-corrected chi connectivity index (χ3v) is 6.92. The van der Waals surface area contributed by atoms with Gasteiger partial charge in [-0.15, -0.1) is 0 Å². The third-order valence-electron chi connectivity index (χ3n) is 5.38. The van der Waals surface area contributed by atoms with Crippen LogP contribution in [0.1, 0.15) is 29.1 Å². The molecule has 0 spiro atoms. The number of aromatic nitrogens is 1. The Bertz CT molecular complexity index is 1040. The summed E-state index contributed by atoms with van der Waals surface area (Å²) < 4.78 is 16.7. The number of nitrogens with zero attached hydrogens (tertiary/aromatic N) is 3. The molecule has 1 fully saturated rings. The normalized spacial score (nSPS) is 21.6. The van der Waals surface area contributed by atoms with E-state index in [0.29, 0.717) is 29.7 Å². The van der Waals surface area contributed by atoms with E-state index in [0.717, 1.165) is 12.5 Å². The number of hydrogen-bond donors (Lipinski definition) is 1. The number of thioether (sulfide) groups is 1. The maximum Gasteiger partial charge on any atom is 0.342 e. The zero-order valence-electron chi connectivity index (χ0n) is 15.1. The Morgan fingerprint density at radius 1 is 1.44 bits per heavy atom. The SMILES string of the molecule is CC1Sc2c(C(=O)O)c(=O)c3cc(F)c(N4CCC(N(C)C)C4)c(Cl)c3n21. The first-order valence-corrected chi connectivity index (χ1v) is 9.89. The molecule has 144 valence electrons. The summed E-state index contributed by atoms with van der Waals surface area (Å²) in [5, 5.41) is 9.91. The molecule has 0 radical (unpaired) electrons. The minimum Gasteiger partial charge on any atom is -0.477 e. The van der Waals surface area contributed by atoms with Gasteiger partial charge in [-0.3, -0.25) is 4.79 Å². The van der Waals surface area contributed by atoms with E-state index in [-0.39, 0.29) is 27.0 Å². The van der Waals surface area contributed by atoms with Gasteiger partial charge in [0.2, 0.25) is 5.43 Å². The lowest BCUT2D eigenvalue weighted by Gasteiger charge is -2.34. The van der Waals surface area contributed by atoms with E-state index in [1.807, 2.05) is 25.9 Å². The van der Waals surface area contributed by atoms with Gasteiger partial charge in [-0.1, -0.05) is 23.4 Å². The fourth-order valence-electron chi connectivity index (χ4n) is 3.93. The van der Waals surface area contributed by atoms with Crippen molar-refractivity contribution in [2.24, 2.45) is 0 Å². The quantitative estimate of drug-likeness (QED) is 0.836. The molecular formula is C18H19ClFN3O3S. The van der Waals surface area contributed by atoms with Gasteiger partial charge in [-0.05, 0) is 33.5 Å². The molecule has 1 N–H and O–H groups in total. The van der Waals surface area contributed by atoms with Crippen LogP contribution in [-0.4, -0.2) is 53.8 Å². The van der Waals surface area contributed by atoms with Crippen molar-refractivity contribution in [3.8, 4) is 0 Å². The van der Waals surface area contributed by atoms with E-state index >= 15 is 0 Å². The largest absolute Gasteiger partial charge is 0.477 e. The topological polar surface area (TPSA) is 65.8 Å². The van der Waals surface area contributed by atoms with Gasteiger partial charge in [0, 0.05) is 19.1 Å². The van der Waals surface area contributed by atoms with Crippen molar-refractivity contribution in [3.05, 3.63) is 32.7 Å². The van der Waals surface area contributed by atoms with Gasteiger partial charge in [-0.2, -0.15) is 0 Å². The molecule has 0 bridgehead atoms. The van der Waals surface area contributed by atoms with Gasteiger partial charge in [-0.25, -0.2) is 9.18 Å². The van der Waals surface area contributed by atoms with Gasteiger partial charge in [0.15, 0.2) is 0 Å². The number of anilines is 1. The van der Waals surface area contributed by atoms with Crippen LogP contribution in [-0.2, 0) is 0 Å². The van der Waals surface area contributed by atoms with E-state index in [1.54, 1.807) is 4.57 Å². The zero-order chi connectivity index (χ0) is 19.6. The molecule has 4 rings (SSSR count). The molecule has 2 aliphatic rings. The molecule has 2 aliphatic heterocycles. The first-order valence-electron chi connectivity index (χ1n) is 8.63. The molecule has 3 heterocycles. The number of likely N-dealkylation sites (N-methyl/N-ethyl adjacent to an activating group) is 1. The van der Waals surface area contributed by atoms with Crippen molar-refractivity contribution in [3.63, 3.8) is 0 Å². The van der Waals surface area contributed by atoms with E-state index in [9.17, 15) is 19.1 Å². The molecule has 2 unspecified atom stereocenters. The van der Waals surface area contributed by atoms with Crippen molar-refractivity contribution in [1.82, 2.24) is 9.47 Å². The van der Waals surface area contributed by atoms with Gasteiger partial charge in [0.05, 0.1) is 32.0 Å². The van der Waals surface area contributed by atoms with Crippen LogP contribution in [0.2, 0.25) is 5.02 Å². The number of pyridine rings is 1. The number of rotatable bonds is 3. The van der Waals surface area contributed by atoms with Gasteiger partial charge in [0.1, 0.15) is 11.4 Å². The summed E-state index contributed by atoms with van der Waals surface area (Å²) in [6.45, 7) is 3.20. The van der Waals surface area contributed by atoms with Crippen LogP contribution in [0.5, 0.6) is 0 Å². The average molecular weight is 412 g/mol. The van der Waals surface area contributed by atoms with Crippen LogP contribution in [0.25, 0.3) is 10.9 Å². The van der Waals surface area contributed by atoms with Crippen molar-refractivity contribution in [2.75, 3.05) is 32.1 Å². The molecule has 1 aromatic carbocycles. The van der Waals surface area contributed by atoms with E-state index in [1.165, 1.54) is 11.8 Å². The van der Waals surface area contributed by atoms with Crippen LogP contribution in [0.15, 0.2) is 15.9 Å². The maximum atomic E-state index is 15.0. The highest BCUT2D eigenvalue weighted by molar-refractivity contribution is 8.00. The summed E-state index contributed by atoms with van der Waals surface area (Å²) in [6, 6.07) is 1.43. The Kier molecular flexibility index (Phi) is 4.40. The van der Waals surface area contributed by atoms with Crippen LogP contribution >= 0.6 is 23.4 Å². The van der Waals surface area contributed by atoms with E-state index < -0.39 is 17.2 Å². The molecule has 0 amide bonds. The molecule has 0 aliphatic carbocycles. The zero-order valence-corrected chi connectivity index (χ0v) is 16.7. The summed E-state index contributed by atoms with van der Waals surface area (Å²) >= 11 is 7.93. The fraction of sp³-hybridized carbons (Fsp3) is 0.444. The average Bonchev–Trinajstić information content (AvgIpc) is 3.05. The third kappa shape index (κ3) is 2.65. The maximum absolute atomic E-state index is 15.0. The number of aromatic carboxylic acids is 1. The standard InChI is InChI=1S/C18H19ClFN3O3S/c1-8-23-14-10(16(24)12(18(25)26)17(23)27-8)6-11(20)15(13(14)19)22-5-4-9(7-22)21(2)3/h6,8-9H,4-5,7H2,1-3H3,(H,25,26). The molecule has 2 atom stereocenters. The molecule has 0 saturated carbocycles. The second kappa shape index (κ2) is 6.39. The lowest BCUT2D eigenvalue weighted by atomic mass is 10.1. The lowest BCUT2D eigenvalue weighted by molar-refractivity contribution is 0.0689. The molecule has 1 aromatic heterocycles. The first-order chi connectivity index (χ1) is 12.7. The molecule has 6 nitrogen and oxygen atoms in total. The van der Waals surface area contributed by atoms with Crippen LogP contribution in [0.4, 0.5) is 10.1 Å². The molecule has 1 saturated heterocycles. The van der Waals surface area contributed by atoms with Crippen LogP contribution in [0, 0.1) is 5.82 Å². The number of halogens is 2. The number of benzene rings is 1. The second-order valence-electron chi connectivity index (χ2n) is 7.17. The predicted molar refractivity (Wildman–Crippen MR) is 105 cm³/mol. The Hall–Kier alpha value is -1.77. The summed E-state index contributed by atoms with van der Waals surface area (Å²) in [7, 11) is 3.97. The summed E-state index contributed by atoms with van der Waals surface area (Å²) in [4.78, 5) is 28.3. The second-order valence-corrected chi connectivity index (χ2v) is 8.85. The Morgan fingerprint density at radius 2 is 2.15 bits per heavy atom. The Balaban J connectivity index is 1.97. The highest BCUT2D eigenvalue weighted by Crippen LogP contribution is 2.49. The number of fused-ring (bicyclic) bond motifs is 3. The van der Waals surface area contributed by atoms with Crippen LogP contribution < -0.4 is 10.3 Å². The first kappa shape index (κ1) is 18.6. The number of hydrogen-bond acceptors (Lipinski definition) is 5. The summed E-state index contributed by atoms with van der Waals surface area (Å²) in [5.74, 6) is -1.90. The monoisotopic (exact) mass is 411 g/mol. The highest BCUT2D eigenvalue weighted by Gasteiger charge is 2.36. The fourth-order valence-corrected chi connectivity index (χ4v) is 5.48. The smallest absolute Gasteiger partial charge is 0.342 e. The minimum absolute atomic E-state index is 0.0120. The summed E-state index contributed by atoms with van der Waals surface area (Å²) in [5.41, 5.74) is -0.307. The van der Waals surface area contributed by atoms with E-state index in [2.05, 4.69) is 4.90 Å². The van der Waals surface area contributed by atoms with Gasteiger partial charge in [0.25, 0.3) is 0 Å². The van der Waals surface area contributed by atoms with Gasteiger partial charge >= 0.3 is 5.97 Å². The van der Waals surface area contributed by atoms with Crippen molar-refractivity contribution in [1.29, 1.82) is 0 Å². The van der Waals surface area contributed by atoms with Gasteiger partial charge < -0.3 is 19.5 Å². The Labute approximate surface area is 164 Å². The molecular weight excluding hydrogens is 393 g/mol. The van der Waals surface area contributed by atoms with Crippen molar-refractivity contribution in [2.45, 2.75) is 29.8 Å².